The highest BCUT2D eigenvalue weighted by Gasteiger charge is 2.36. The third-order valence-corrected chi connectivity index (χ3v) is 4.23. The van der Waals surface area contributed by atoms with Gasteiger partial charge in [0.15, 0.2) is 0 Å². The van der Waals surface area contributed by atoms with Crippen molar-refractivity contribution in [3.8, 4) is 0 Å². The molecule has 1 aromatic heterocycles. The summed E-state index contributed by atoms with van der Waals surface area (Å²) < 4.78 is 4.56. The topological polar surface area (TPSA) is 93.2 Å². The molecule has 2 rings (SSSR count). The number of aromatic nitrogens is 2. The first kappa shape index (κ1) is 14.9. The molecule has 7 nitrogen and oxygen atoms in total. The Bertz CT molecular complexity index is 497. The van der Waals surface area contributed by atoms with Gasteiger partial charge in [-0.05, 0) is 26.3 Å². The van der Waals surface area contributed by atoms with Crippen LogP contribution in [0.2, 0.25) is 0 Å². The fraction of sp³-hybridized carbons (Fsp3) is 0.667. The summed E-state index contributed by atoms with van der Waals surface area (Å²) in [5.41, 5.74) is -0.530. The molecule has 2 N–H and O–H groups in total. The summed E-state index contributed by atoms with van der Waals surface area (Å²) in [7, 11) is 1.35. The van der Waals surface area contributed by atoms with E-state index in [2.05, 4.69) is 25.6 Å². The van der Waals surface area contributed by atoms with Crippen molar-refractivity contribution in [1.82, 2.24) is 15.5 Å². The molecule has 1 aliphatic rings. The third kappa shape index (κ3) is 3.51. The summed E-state index contributed by atoms with van der Waals surface area (Å²) in [4.78, 5) is 23.2. The second-order valence-corrected chi connectivity index (χ2v) is 5.96. The van der Waals surface area contributed by atoms with E-state index in [0.717, 1.165) is 19.4 Å². The Hall–Kier alpha value is -1.54. The molecule has 1 amide bonds. The maximum atomic E-state index is 12.1. The van der Waals surface area contributed by atoms with Crippen LogP contribution in [0.4, 0.5) is 5.13 Å². The molecule has 1 aromatic rings. The number of methoxy groups -OCH3 is 1. The number of carbonyl (C=O) groups excluding carboxylic acids is 2. The van der Waals surface area contributed by atoms with Crippen LogP contribution < -0.4 is 10.6 Å². The zero-order chi connectivity index (χ0) is 14.6. The van der Waals surface area contributed by atoms with Crippen LogP contribution in [0.15, 0.2) is 0 Å². The van der Waals surface area contributed by atoms with E-state index >= 15 is 0 Å². The Labute approximate surface area is 121 Å². The van der Waals surface area contributed by atoms with Crippen LogP contribution in [0.1, 0.15) is 31.2 Å². The number of carbonyl (C=O) groups is 2. The number of esters is 1. The van der Waals surface area contributed by atoms with Crippen molar-refractivity contribution in [3.63, 3.8) is 0 Å². The zero-order valence-electron chi connectivity index (χ0n) is 11.6. The fourth-order valence-electron chi connectivity index (χ4n) is 2.04. The molecule has 0 aliphatic carbocycles. The van der Waals surface area contributed by atoms with Crippen molar-refractivity contribution in [3.05, 3.63) is 5.01 Å². The van der Waals surface area contributed by atoms with Gasteiger partial charge in [0.1, 0.15) is 5.01 Å². The number of hydrogen-bond donors (Lipinski definition) is 2. The van der Waals surface area contributed by atoms with Gasteiger partial charge in [0.2, 0.25) is 11.0 Å². The molecular formula is C12H18N4O3S. The number of anilines is 1. The maximum Gasteiger partial charge on any atom is 0.305 e. The fourth-order valence-corrected chi connectivity index (χ4v) is 2.77. The predicted molar refractivity (Wildman–Crippen MR) is 74.5 cm³/mol. The number of aryl methyl sites for hydroxylation is 1. The van der Waals surface area contributed by atoms with Crippen LogP contribution in [-0.2, 0) is 20.7 Å². The Morgan fingerprint density at radius 1 is 1.50 bits per heavy atom. The van der Waals surface area contributed by atoms with Crippen molar-refractivity contribution in [2.45, 2.75) is 38.1 Å². The van der Waals surface area contributed by atoms with Crippen LogP contribution in [0, 0.1) is 0 Å². The van der Waals surface area contributed by atoms with Crippen molar-refractivity contribution < 1.29 is 14.3 Å². The highest BCUT2D eigenvalue weighted by atomic mass is 32.1. The van der Waals surface area contributed by atoms with Gasteiger partial charge in [-0.3, -0.25) is 14.9 Å². The van der Waals surface area contributed by atoms with Crippen molar-refractivity contribution in [1.29, 1.82) is 0 Å². The van der Waals surface area contributed by atoms with E-state index in [1.54, 1.807) is 0 Å². The molecule has 2 heterocycles. The summed E-state index contributed by atoms with van der Waals surface area (Å²) in [5, 5.41) is 15.0. The third-order valence-electron chi connectivity index (χ3n) is 3.33. The Morgan fingerprint density at radius 2 is 2.30 bits per heavy atom. The molecule has 1 atom stereocenters. The first-order valence-electron chi connectivity index (χ1n) is 6.49. The highest BCUT2D eigenvalue weighted by molar-refractivity contribution is 7.15. The minimum absolute atomic E-state index is 0.0920. The average Bonchev–Trinajstić information content (AvgIpc) is 3.06. The molecule has 0 radical (unpaired) electrons. The number of hydrogen-bond acceptors (Lipinski definition) is 7. The lowest BCUT2D eigenvalue weighted by atomic mass is 10.00. The van der Waals surface area contributed by atoms with Gasteiger partial charge in [0.25, 0.3) is 0 Å². The maximum absolute atomic E-state index is 12.1. The van der Waals surface area contributed by atoms with E-state index in [9.17, 15) is 9.59 Å². The van der Waals surface area contributed by atoms with Gasteiger partial charge in [-0.25, -0.2) is 0 Å². The lowest BCUT2D eigenvalue weighted by molar-refractivity contribution is -0.140. The lowest BCUT2D eigenvalue weighted by Gasteiger charge is -2.21. The molecule has 0 spiro atoms. The van der Waals surface area contributed by atoms with Gasteiger partial charge < -0.3 is 10.1 Å². The molecule has 0 aromatic carbocycles. The predicted octanol–water partition coefficient (Wildman–Crippen LogP) is 0.724. The van der Waals surface area contributed by atoms with E-state index in [1.165, 1.54) is 18.4 Å². The molecule has 1 fully saturated rings. The molecule has 20 heavy (non-hydrogen) atoms. The number of rotatable bonds is 5. The van der Waals surface area contributed by atoms with E-state index in [4.69, 9.17) is 0 Å². The van der Waals surface area contributed by atoms with E-state index in [0.29, 0.717) is 16.6 Å². The second-order valence-electron chi connectivity index (χ2n) is 4.89. The summed E-state index contributed by atoms with van der Waals surface area (Å²) in [6.07, 6.45) is 2.53. The van der Waals surface area contributed by atoms with E-state index in [1.807, 2.05) is 6.92 Å². The van der Waals surface area contributed by atoms with Gasteiger partial charge >= 0.3 is 5.97 Å². The Balaban J connectivity index is 1.89. The normalized spacial score (nSPS) is 21.7. The van der Waals surface area contributed by atoms with Crippen molar-refractivity contribution in [2.24, 2.45) is 0 Å². The largest absolute Gasteiger partial charge is 0.469 e. The molecule has 1 saturated heterocycles. The molecule has 8 heteroatoms. The summed E-state index contributed by atoms with van der Waals surface area (Å²) in [5.74, 6) is -0.376. The van der Waals surface area contributed by atoms with Crippen LogP contribution in [0.25, 0.3) is 0 Å². The molecule has 0 bridgehead atoms. The highest BCUT2D eigenvalue weighted by Crippen LogP contribution is 2.22. The SMILES string of the molecule is COC(=O)CCc1nnc(NC(=O)[C@@]2(C)CCCN2)s1. The zero-order valence-corrected chi connectivity index (χ0v) is 12.4. The number of nitrogens with one attached hydrogen (secondary N) is 2. The molecular weight excluding hydrogens is 280 g/mol. The van der Waals surface area contributed by atoms with Crippen LogP contribution in [-0.4, -0.2) is 41.3 Å². The summed E-state index contributed by atoms with van der Waals surface area (Å²) in [6, 6.07) is 0. The smallest absolute Gasteiger partial charge is 0.305 e. The van der Waals surface area contributed by atoms with Crippen LogP contribution in [0.5, 0.6) is 0 Å². The average molecular weight is 298 g/mol. The Morgan fingerprint density at radius 3 is 2.95 bits per heavy atom. The molecule has 0 saturated carbocycles. The molecule has 110 valence electrons. The van der Waals surface area contributed by atoms with Gasteiger partial charge in [0.05, 0.1) is 19.1 Å². The first-order chi connectivity index (χ1) is 9.53. The minimum Gasteiger partial charge on any atom is -0.469 e. The number of nitrogens with zero attached hydrogens (tertiary/aromatic N) is 2. The lowest BCUT2D eigenvalue weighted by Crippen LogP contribution is -2.47. The number of ether oxygens (including phenoxy) is 1. The van der Waals surface area contributed by atoms with Gasteiger partial charge in [-0.2, -0.15) is 0 Å². The standard InChI is InChI=1S/C12H18N4O3S/c1-12(6-3-7-13-12)10(18)14-11-16-15-8(20-11)4-5-9(17)19-2/h13H,3-7H2,1-2H3,(H,14,16,18)/t12-/m1/s1. The minimum atomic E-state index is -0.530. The molecule has 0 unspecified atom stereocenters. The number of amides is 1. The van der Waals surface area contributed by atoms with Crippen LogP contribution >= 0.6 is 11.3 Å². The van der Waals surface area contributed by atoms with Crippen molar-refractivity contribution >= 4 is 28.3 Å². The van der Waals surface area contributed by atoms with Crippen LogP contribution in [0.3, 0.4) is 0 Å². The van der Waals surface area contributed by atoms with Gasteiger partial charge in [0, 0.05) is 6.42 Å². The summed E-state index contributed by atoms with van der Waals surface area (Å²) in [6.45, 7) is 2.74. The Kier molecular flexibility index (Phi) is 4.66. The first-order valence-corrected chi connectivity index (χ1v) is 7.31. The monoisotopic (exact) mass is 298 g/mol. The summed E-state index contributed by atoms with van der Waals surface area (Å²) >= 11 is 1.28. The van der Waals surface area contributed by atoms with E-state index < -0.39 is 5.54 Å². The van der Waals surface area contributed by atoms with Crippen molar-refractivity contribution in [2.75, 3.05) is 19.0 Å². The van der Waals surface area contributed by atoms with Gasteiger partial charge in [-0.1, -0.05) is 11.3 Å². The second kappa shape index (κ2) is 6.27. The molecule has 1 aliphatic heterocycles. The van der Waals surface area contributed by atoms with E-state index in [-0.39, 0.29) is 18.3 Å². The quantitative estimate of drug-likeness (QED) is 0.778. The van der Waals surface area contributed by atoms with Gasteiger partial charge in [-0.15, -0.1) is 10.2 Å².